The summed E-state index contributed by atoms with van der Waals surface area (Å²) in [5, 5.41) is 3.61. The second-order valence-corrected chi connectivity index (χ2v) is 4.57. The number of nitrogens with one attached hydrogen (secondary N) is 2. The van der Waals surface area contributed by atoms with Gasteiger partial charge in [-0.3, -0.25) is 0 Å². The Labute approximate surface area is 91.4 Å². The summed E-state index contributed by atoms with van der Waals surface area (Å²) >= 11 is 0. The lowest BCUT2D eigenvalue weighted by Gasteiger charge is -2.31. The summed E-state index contributed by atoms with van der Waals surface area (Å²) in [5.41, 5.74) is 7.35. The number of hydrogen-bond donors (Lipinski definition) is 3. The van der Waals surface area contributed by atoms with E-state index in [1.165, 1.54) is 25.0 Å². The molecule has 1 saturated carbocycles. The second kappa shape index (κ2) is 4.81. The fourth-order valence-electron chi connectivity index (χ4n) is 2.39. The Morgan fingerprint density at radius 3 is 2.93 bits per heavy atom. The summed E-state index contributed by atoms with van der Waals surface area (Å²) in [5.74, 6) is 0. The number of rotatable bonds is 3. The van der Waals surface area contributed by atoms with Crippen LogP contribution in [0.4, 0.5) is 0 Å². The van der Waals surface area contributed by atoms with Gasteiger partial charge in [0.15, 0.2) is 0 Å². The van der Waals surface area contributed by atoms with Gasteiger partial charge in [-0.25, -0.2) is 0 Å². The van der Waals surface area contributed by atoms with Crippen molar-refractivity contribution >= 4 is 0 Å². The third-order valence-electron chi connectivity index (χ3n) is 3.37. The minimum Gasteiger partial charge on any atom is -0.364 e. The molecule has 3 heteroatoms. The number of hydrogen-bond acceptors (Lipinski definition) is 2. The van der Waals surface area contributed by atoms with Gasteiger partial charge in [0.2, 0.25) is 0 Å². The Hall–Kier alpha value is -0.800. The first-order valence-electron chi connectivity index (χ1n) is 5.92. The maximum atomic E-state index is 6.11. The molecule has 1 aromatic rings. The zero-order valence-corrected chi connectivity index (χ0v) is 9.37. The lowest BCUT2D eigenvalue weighted by atomic mass is 9.90. The van der Waals surface area contributed by atoms with Crippen LogP contribution in [-0.2, 0) is 0 Å². The fourth-order valence-corrected chi connectivity index (χ4v) is 2.39. The molecule has 0 aromatic carbocycles. The molecular formula is C12H21N3. The molecule has 3 atom stereocenters. The van der Waals surface area contributed by atoms with Crippen molar-refractivity contribution in [3.05, 3.63) is 24.0 Å². The highest BCUT2D eigenvalue weighted by molar-refractivity contribution is 5.08. The summed E-state index contributed by atoms with van der Waals surface area (Å²) in [6.45, 7) is 2.19. The number of nitrogens with two attached hydrogens (primary N) is 1. The number of H-pyrrole nitrogens is 1. The van der Waals surface area contributed by atoms with E-state index in [2.05, 4.69) is 23.3 Å². The van der Waals surface area contributed by atoms with Gasteiger partial charge in [0.1, 0.15) is 0 Å². The van der Waals surface area contributed by atoms with Gasteiger partial charge in [0.25, 0.3) is 0 Å². The van der Waals surface area contributed by atoms with Crippen molar-refractivity contribution in [1.29, 1.82) is 0 Å². The van der Waals surface area contributed by atoms with E-state index in [4.69, 9.17) is 5.73 Å². The molecule has 0 amide bonds. The van der Waals surface area contributed by atoms with Gasteiger partial charge in [0.05, 0.1) is 0 Å². The van der Waals surface area contributed by atoms with E-state index in [0.29, 0.717) is 18.1 Å². The average molecular weight is 207 g/mol. The van der Waals surface area contributed by atoms with E-state index in [1.807, 2.05) is 12.3 Å². The van der Waals surface area contributed by atoms with Crippen molar-refractivity contribution < 1.29 is 0 Å². The van der Waals surface area contributed by atoms with Crippen LogP contribution in [0.15, 0.2) is 18.3 Å². The van der Waals surface area contributed by atoms with E-state index < -0.39 is 0 Å². The molecule has 4 N–H and O–H groups in total. The number of aromatic amines is 1. The zero-order valence-electron chi connectivity index (χ0n) is 9.37. The van der Waals surface area contributed by atoms with Crippen LogP contribution < -0.4 is 11.1 Å². The molecule has 84 valence electrons. The lowest BCUT2D eigenvalue weighted by molar-refractivity contribution is 0.305. The molecule has 0 spiro atoms. The predicted molar refractivity (Wildman–Crippen MR) is 62.6 cm³/mol. The average Bonchev–Trinajstić information content (AvgIpc) is 2.74. The van der Waals surface area contributed by atoms with E-state index in [0.717, 1.165) is 6.42 Å². The Balaban J connectivity index is 1.90. The molecular weight excluding hydrogens is 186 g/mol. The third kappa shape index (κ3) is 2.61. The van der Waals surface area contributed by atoms with Crippen LogP contribution in [0.2, 0.25) is 0 Å². The standard InChI is InChI=1S/C12H21N3/c1-9(11-7-4-8-14-11)15-12-6-3-2-5-10(12)13/h4,7-10,12,14-15H,2-3,5-6,13H2,1H3. The molecule has 1 fully saturated rings. The van der Waals surface area contributed by atoms with E-state index in [9.17, 15) is 0 Å². The molecule has 3 nitrogen and oxygen atoms in total. The van der Waals surface area contributed by atoms with Crippen LogP contribution in [-0.4, -0.2) is 17.1 Å². The van der Waals surface area contributed by atoms with Crippen LogP contribution >= 0.6 is 0 Å². The van der Waals surface area contributed by atoms with Gasteiger partial charge >= 0.3 is 0 Å². The summed E-state index contributed by atoms with van der Waals surface area (Å²) in [6, 6.07) is 5.34. The molecule has 0 aliphatic heterocycles. The third-order valence-corrected chi connectivity index (χ3v) is 3.37. The lowest BCUT2D eigenvalue weighted by Crippen LogP contribution is -2.47. The highest BCUT2D eigenvalue weighted by Crippen LogP contribution is 2.20. The summed E-state index contributed by atoms with van der Waals surface area (Å²) < 4.78 is 0. The van der Waals surface area contributed by atoms with Gasteiger partial charge in [0, 0.05) is 30.0 Å². The monoisotopic (exact) mass is 207 g/mol. The SMILES string of the molecule is CC(NC1CCCCC1N)c1ccc[nH]1. The van der Waals surface area contributed by atoms with E-state index >= 15 is 0 Å². The highest BCUT2D eigenvalue weighted by Gasteiger charge is 2.23. The molecule has 0 bridgehead atoms. The van der Waals surface area contributed by atoms with Gasteiger partial charge in [-0.2, -0.15) is 0 Å². The summed E-state index contributed by atoms with van der Waals surface area (Å²) in [4.78, 5) is 3.24. The van der Waals surface area contributed by atoms with E-state index in [1.54, 1.807) is 0 Å². The summed E-state index contributed by atoms with van der Waals surface area (Å²) in [7, 11) is 0. The Morgan fingerprint density at radius 1 is 1.47 bits per heavy atom. The first kappa shape index (κ1) is 10.7. The minimum absolute atomic E-state index is 0.330. The van der Waals surface area contributed by atoms with Crippen molar-refractivity contribution in [3.63, 3.8) is 0 Å². The van der Waals surface area contributed by atoms with E-state index in [-0.39, 0.29) is 0 Å². The molecule has 0 radical (unpaired) electrons. The summed E-state index contributed by atoms with van der Waals surface area (Å²) in [6.07, 6.45) is 6.94. The predicted octanol–water partition coefficient (Wildman–Crippen LogP) is 1.94. The van der Waals surface area contributed by atoms with Gasteiger partial charge < -0.3 is 16.0 Å². The highest BCUT2D eigenvalue weighted by atomic mass is 15.0. The first-order chi connectivity index (χ1) is 7.27. The van der Waals surface area contributed by atoms with Gasteiger partial charge in [-0.15, -0.1) is 0 Å². The molecule has 1 aliphatic carbocycles. The molecule has 1 aliphatic rings. The van der Waals surface area contributed by atoms with Crippen LogP contribution in [0.5, 0.6) is 0 Å². The van der Waals surface area contributed by atoms with Crippen molar-refractivity contribution in [2.45, 2.75) is 50.7 Å². The smallest absolute Gasteiger partial charge is 0.0446 e. The minimum atomic E-state index is 0.330. The van der Waals surface area contributed by atoms with Gasteiger partial charge in [-0.1, -0.05) is 12.8 Å². The molecule has 2 rings (SSSR count). The molecule has 3 unspecified atom stereocenters. The van der Waals surface area contributed by atoms with Gasteiger partial charge in [-0.05, 0) is 31.9 Å². The Kier molecular flexibility index (Phi) is 3.44. The second-order valence-electron chi connectivity index (χ2n) is 4.57. The topological polar surface area (TPSA) is 53.8 Å². The largest absolute Gasteiger partial charge is 0.364 e. The maximum Gasteiger partial charge on any atom is 0.0446 e. The fraction of sp³-hybridized carbons (Fsp3) is 0.667. The first-order valence-corrected chi connectivity index (χ1v) is 5.92. The molecule has 1 aromatic heterocycles. The molecule has 0 saturated heterocycles. The van der Waals surface area contributed by atoms with Crippen LogP contribution in [0, 0.1) is 0 Å². The van der Waals surface area contributed by atoms with Crippen molar-refractivity contribution in [1.82, 2.24) is 10.3 Å². The Morgan fingerprint density at radius 2 is 2.27 bits per heavy atom. The van der Waals surface area contributed by atoms with Crippen molar-refractivity contribution in [2.75, 3.05) is 0 Å². The molecule has 15 heavy (non-hydrogen) atoms. The van der Waals surface area contributed by atoms with Crippen molar-refractivity contribution in [3.8, 4) is 0 Å². The van der Waals surface area contributed by atoms with Crippen molar-refractivity contribution in [2.24, 2.45) is 5.73 Å². The zero-order chi connectivity index (χ0) is 10.7. The Bertz CT molecular complexity index is 281. The number of aromatic nitrogens is 1. The molecule has 1 heterocycles. The van der Waals surface area contributed by atoms with Crippen LogP contribution in [0.25, 0.3) is 0 Å². The maximum absolute atomic E-state index is 6.11. The van der Waals surface area contributed by atoms with Crippen LogP contribution in [0.1, 0.15) is 44.3 Å². The van der Waals surface area contributed by atoms with Crippen LogP contribution in [0.3, 0.4) is 0 Å². The normalized spacial score (nSPS) is 28.9. The quantitative estimate of drug-likeness (QED) is 0.709.